The Labute approximate surface area is 128 Å². The van der Waals surface area contributed by atoms with Gasteiger partial charge < -0.3 is 9.63 Å². The smallest absolute Gasteiger partial charge is 0.320 e. The first-order valence-electron chi connectivity index (χ1n) is 7.76. The fourth-order valence-corrected chi connectivity index (χ4v) is 3.79. The Bertz CT molecular complexity index is 571. The molecule has 2 heterocycles. The molecule has 1 aromatic rings. The Hall–Kier alpha value is -1.89. The number of hydrogen-bond acceptors (Lipinski definition) is 5. The van der Waals surface area contributed by atoms with E-state index in [1.165, 1.54) is 0 Å². The monoisotopic (exact) mass is 307 g/mol. The van der Waals surface area contributed by atoms with Crippen LogP contribution in [0.3, 0.4) is 0 Å². The number of fused-ring (bicyclic) bond motifs is 1. The molecule has 1 saturated carbocycles. The van der Waals surface area contributed by atoms with Crippen LogP contribution < -0.4 is 5.32 Å². The number of anilines is 1. The van der Waals surface area contributed by atoms with Crippen molar-refractivity contribution in [3.63, 3.8) is 0 Å². The van der Waals surface area contributed by atoms with Crippen molar-refractivity contribution in [2.75, 3.05) is 11.9 Å². The number of nitrogens with zero attached hydrogens (tertiary/aromatic N) is 2. The number of rotatable bonds is 4. The van der Waals surface area contributed by atoms with E-state index >= 15 is 0 Å². The van der Waals surface area contributed by atoms with E-state index in [4.69, 9.17) is 4.52 Å². The molecule has 0 bridgehead atoms. The van der Waals surface area contributed by atoms with E-state index in [1.54, 1.807) is 13.0 Å². The van der Waals surface area contributed by atoms with Crippen LogP contribution in [-0.4, -0.2) is 45.7 Å². The second-order valence-electron chi connectivity index (χ2n) is 6.25. The first kappa shape index (κ1) is 15.0. The normalized spacial score (nSPS) is 28.3. The van der Waals surface area contributed by atoms with Gasteiger partial charge in [-0.05, 0) is 32.1 Å². The molecule has 3 atom stereocenters. The highest BCUT2D eigenvalue weighted by molar-refractivity contribution is 5.91. The molecule has 1 amide bonds. The molecule has 3 rings (SSSR count). The molecule has 0 radical (unpaired) electrons. The van der Waals surface area contributed by atoms with Gasteiger partial charge in [0.15, 0.2) is 0 Å². The van der Waals surface area contributed by atoms with Crippen molar-refractivity contribution < 1.29 is 19.2 Å². The van der Waals surface area contributed by atoms with Crippen LogP contribution in [0, 0.1) is 12.8 Å². The number of carboxylic acid groups (broad SMARTS) is 1. The van der Waals surface area contributed by atoms with Crippen molar-refractivity contribution in [2.45, 2.75) is 51.1 Å². The molecular formula is C15H21N3O4. The van der Waals surface area contributed by atoms with E-state index < -0.39 is 12.0 Å². The molecule has 3 unspecified atom stereocenters. The molecule has 2 N–H and O–H groups in total. The average Bonchev–Trinajstić information content (AvgIpc) is 3.03. The molecule has 7 heteroatoms. The molecule has 1 aliphatic heterocycles. The topological polar surface area (TPSA) is 95.7 Å². The maximum absolute atomic E-state index is 12.2. The third kappa shape index (κ3) is 2.99. The number of carbonyl (C=O) groups is 2. The van der Waals surface area contributed by atoms with Gasteiger partial charge in [-0.3, -0.25) is 19.8 Å². The molecule has 1 saturated heterocycles. The van der Waals surface area contributed by atoms with E-state index in [1.807, 2.05) is 4.90 Å². The molecule has 0 spiro atoms. The highest BCUT2D eigenvalue weighted by atomic mass is 16.5. The number of hydrogen-bond donors (Lipinski definition) is 2. The van der Waals surface area contributed by atoms with Crippen molar-refractivity contribution in [1.82, 2.24) is 10.1 Å². The summed E-state index contributed by atoms with van der Waals surface area (Å²) < 4.78 is 4.96. The number of amides is 1. The zero-order valence-electron chi connectivity index (χ0n) is 12.6. The lowest BCUT2D eigenvalue weighted by Crippen LogP contribution is -2.46. The van der Waals surface area contributed by atoms with Crippen LogP contribution in [0.4, 0.5) is 5.88 Å². The van der Waals surface area contributed by atoms with Gasteiger partial charge >= 0.3 is 5.97 Å². The van der Waals surface area contributed by atoms with Gasteiger partial charge in [0.1, 0.15) is 6.04 Å². The molecule has 2 aliphatic rings. The number of likely N-dealkylation sites (tertiary alicyclic amines) is 1. The van der Waals surface area contributed by atoms with Crippen molar-refractivity contribution in [3.05, 3.63) is 11.8 Å². The summed E-state index contributed by atoms with van der Waals surface area (Å²) in [6.45, 7) is 1.85. The summed E-state index contributed by atoms with van der Waals surface area (Å²) in [7, 11) is 0. The predicted molar refractivity (Wildman–Crippen MR) is 78.4 cm³/mol. The lowest BCUT2D eigenvalue weighted by molar-refractivity contribution is -0.143. The zero-order chi connectivity index (χ0) is 15.7. The molecule has 0 aromatic carbocycles. The van der Waals surface area contributed by atoms with E-state index in [9.17, 15) is 14.7 Å². The van der Waals surface area contributed by atoms with Gasteiger partial charge in [0.2, 0.25) is 11.8 Å². The molecule has 1 aromatic heterocycles. The largest absolute Gasteiger partial charge is 0.480 e. The number of aryl methyl sites for hydroxylation is 1. The fourth-order valence-electron chi connectivity index (χ4n) is 3.79. The van der Waals surface area contributed by atoms with Gasteiger partial charge in [-0.25, -0.2) is 0 Å². The summed E-state index contributed by atoms with van der Waals surface area (Å²) in [5.41, 5.74) is 0.687. The minimum Gasteiger partial charge on any atom is -0.480 e. The van der Waals surface area contributed by atoms with Crippen LogP contribution in [0.1, 0.15) is 37.8 Å². The van der Waals surface area contributed by atoms with Crippen LogP contribution in [0.25, 0.3) is 0 Å². The van der Waals surface area contributed by atoms with Gasteiger partial charge in [0, 0.05) is 12.1 Å². The van der Waals surface area contributed by atoms with Gasteiger partial charge in [0.05, 0.1) is 12.2 Å². The maximum atomic E-state index is 12.2. The Morgan fingerprint density at radius 2 is 2.23 bits per heavy atom. The minimum atomic E-state index is -0.835. The number of aliphatic carboxylic acids is 1. The van der Waals surface area contributed by atoms with Crippen molar-refractivity contribution in [2.24, 2.45) is 5.92 Å². The highest BCUT2D eigenvalue weighted by Crippen LogP contribution is 2.39. The standard InChI is InChI=1S/C15H21N3O4/c1-9-6-14(22-17-9)16-13(19)8-18-11-5-3-2-4-10(11)7-12(18)15(20)21/h6,10-12H,2-5,7-8H2,1H3,(H,16,19)(H,20,21). The van der Waals surface area contributed by atoms with Crippen molar-refractivity contribution in [1.29, 1.82) is 0 Å². The fraction of sp³-hybridized carbons (Fsp3) is 0.667. The summed E-state index contributed by atoms with van der Waals surface area (Å²) in [5.74, 6) is -0.393. The summed E-state index contributed by atoms with van der Waals surface area (Å²) in [5, 5.41) is 15.8. The second kappa shape index (κ2) is 6.08. The Morgan fingerprint density at radius 3 is 2.91 bits per heavy atom. The number of nitrogens with one attached hydrogen (secondary N) is 1. The lowest BCUT2D eigenvalue weighted by atomic mass is 9.85. The average molecular weight is 307 g/mol. The SMILES string of the molecule is Cc1cc(NC(=O)CN2C(C(=O)O)CC3CCCCC32)on1. The van der Waals surface area contributed by atoms with Crippen LogP contribution in [0.15, 0.2) is 10.6 Å². The van der Waals surface area contributed by atoms with E-state index in [2.05, 4.69) is 10.5 Å². The van der Waals surface area contributed by atoms with Gasteiger partial charge in [-0.15, -0.1) is 0 Å². The van der Waals surface area contributed by atoms with Crippen molar-refractivity contribution >= 4 is 17.8 Å². The van der Waals surface area contributed by atoms with E-state index in [0.29, 0.717) is 23.9 Å². The van der Waals surface area contributed by atoms with Gasteiger partial charge in [-0.1, -0.05) is 18.0 Å². The molecular weight excluding hydrogens is 286 g/mol. The van der Waals surface area contributed by atoms with Crippen LogP contribution in [-0.2, 0) is 9.59 Å². The second-order valence-corrected chi connectivity index (χ2v) is 6.25. The van der Waals surface area contributed by atoms with Crippen LogP contribution >= 0.6 is 0 Å². The molecule has 120 valence electrons. The van der Waals surface area contributed by atoms with Crippen LogP contribution in [0.2, 0.25) is 0 Å². The highest BCUT2D eigenvalue weighted by Gasteiger charge is 2.45. The Balaban J connectivity index is 1.67. The predicted octanol–water partition coefficient (Wildman–Crippen LogP) is 1.64. The number of carboxylic acids is 1. The third-order valence-corrected chi connectivity index (χ3v) is 4.72. The summed E-state index contributed by atoms with van der Waals surface area (Å²) >= 11 is 0. The zero-order valence-corrected chi connectivity index (χ0v) is 12.6. The van der Waals surface area contributed by atoms with Crippen molar-refractivity contribution in [3.8, 4) is 0 Å². The number of aromatic nitrogens is 1. The summed E-state index contributed by atoms with van der Waals surface area (Å²) in [4.78, 5) is 25.5. The molecule has 1 aliphatic carbocycles. The first-order chi connectivity index (χ1) is 10.5. The molecule has 22 heavy (non-hydrogen) atoms. The molecule has 7 nitrogen and oxygen atoms in total. The third-order valence-electron chi connectivity index (χ3n) is 4.72. The number of carbonyl (C=O) groups excluding carboxylic acids is 1. The molecule has 2 fully saturated rings. The van der Waals surface area contributed by atoms with Gasteiger partial charge in [0.25, 0.3) is 0 Å². The van der Waals surface area contributed by atoms with Crippen LogP contribution in [0.5, 0.6) is 0 Å². The Kier molecular flexibility index (Phi) is 4.15. The minimum absolute atomic E-state index is 0.0812. The maximum Gasteiger partial charge on any atom is 0.320 e. The van der Waals surface area contributed by atoms with Gasteiger partial charge in [-0.2, -0.15) is 0 Å². The Morgan fingerprint density at radius 1 is 1.45 bits per heavy atom. The van der Waals surface area contributed by atoms with E-state index in [-0.39, 0.29) is 18.5 Å². The summed E-state index contributed by atoms with van der Waals surface area (Å²) in [6, 6.07) is 1.28. The van der Waals surface area contributed by atoms with E-state index in [0.717, 1.165) is 25.7 Å². The quantitative estimate of drug-likeness (QED) is 0.878. The first-order valence-corrected chi connectivity index (χ1v) is 7.76. The lowest BCUT2D eigenvalue weighted by Gasteiger charge is -2.32. The summed E-state index contributed by atoms with van der Waals surface area (Å²) in [6.07, 6.45) is 4.95.